The third-order valence-electron chi connectivity index (χ3n) is 5.54. The zero-order valence-electron chi connectivity index (χ0n) is 18.2. The molecule has 2 aromatic rings. The van der Waals surface area contributed by atoms with Gasteiger partial charge in [-0.05, 0) is 63.5 Å². The van der Waals surface area contributed by atoms with Gasteiger partial charge >= 0.3 is 0 Å². The molecule has 2 nitrogen and oxygen atoms in total. The van der Waals surface area contributed by atoms with E-state index in [0.717, 1.165) is 64.2 Å². The molecule has 0 amide bonds. The van der Waals surface area contributed by atoms with Gasteiger partial charge in [0.05, 0.1) is 13.2 Å². The van der Waals surface area contributed by atoms with Crippen molar-refractivity contribution in [2.75, 3.05) is 19.8 Å². The topological polar surface area (TPSA) is 18.5 Å². The van der Waals surface area contributed by atoms with E-state index < -0.39 is 0 Å². The second-order valence-corrected chi connectivity index (χ2v) is 7.79. The van der Waals surface area contributed by atoms with Crippen LogP contribution in [0.3, 0.4) is 0 Å². The van der Waals surface area contributed by atoms with Crippen LogP contribution >= 0.6 is 0 Å². The predicted molar refractivity (Wildman–Crippen MR) is 132 cm³/mol. The lowest BCUT2D eigenvalue weighted by Gasteiger charge is -2.20. The highest BCUT2D eigenvalue weighted by Crippen LogP contribution is 2.34. The second kappa shape index (κ2) is 10.1. The molecule has 0 N–H and O–H groups in total. The average Bonchev–Trinajstić information content (AvgIpc) is 3.08. The van der Waals surface area contributed by atoms with E-state index in [4.69, 9.17) is 9.47 Å². The molecule has 5 rings (SSSR count). The number of rotatable bonds is 0. The van der Waals surface area contributed by atoms with E-state index >= 15 is 0 Å². The molecule has 31 heavy (non-hydrogen) atoms. The smallest absolute Gasteiger partial charge is 0.127 e. The van der Waals surface area contributed by atoms with Crippen LogP contribution in [0.5, 0.6) is 5.75 Å². The molecule has 2 aliphatic heterocycles. The van der Waals surface area contributed by atoms with Crippen LogP contribution in [0.15, 0.2) is 110 Å². The largest absolute Gasteiger partial charge is 0.488 e. The first kappa shape index (κ1) is 22.3. The van der Waals surface area contributed by atoms with Crippen molar-refractivity contribution in [1.82, 2.24) is 0 Å². The lowest BCUT2D eigenvalue weighted by molar-refractivity contribution is 0.146. The van der Waals surface area contributed by atoms with Crippen LogP contribution in [-0.4, -0.2) is 19.8 Å². The minimum absolute atomic E-state index is 0.565. The number of hydrogen-bond donors (Lipinski definition) is 0. The second-order valence-electron chi connectivity index (χ2n) is 7.79. The Morgan fingerprint density at radius 1 is 0.613 bits per heavy atom. The molecule has 1 fully saturated rings. The van der Waals surface area contributed by atoms with Crippen molar-refractivity contribution in [1.29, 1.82) is 0 Å². The molecule has 158 valence electrons. The molecular formula is C29H30O2. The van der Waals surface area contributed by atoms with E-state index in [-0.39, 0.29) is 0 Å². The summed E-state index contributed by atoms with van der Waals surface area (Å²) in [6, 6.07) is 16.2. The molecule has 0 aromatic heterocycles. The first-order valence-corrected chi connectivity index (χ1v) is 10.4. The third kappa shape index (κ3) is 5.42. The van der Waals surface area contributed by atoms with Crippen LogP contribution in [0, 0.1) is 0 Å². The molecule has 2 aromatic carbocycles. The number of benzene rings is 2. The van der Waals surface area contributed by atoms with E-state index in [1.165, 1.54) is 11.1 Å². The zero-order chi connectivity index (χ0) is 22.4. The van der Waals surface area contributed by atoms with Gasteiger partial charge in [-0.1, -0.05) is 81.9 Å². The fourth-order valence-corrected chi connectivity index (χ4v) is 3.45. The van der Waals surface area contributed by atoms with Gasteiger partial charge in [0.1, 0.15) is 12.4 Å². The number of para-hydroxylation sites is 1. The SMILES string of the molecule is C=C1CCOCC1=C.C=C1COc2ccccc2C1=C.C=C1Cc2ccccc2C1=C. The molecule has 0 spiro atoms. The fraction of sp³-hybridized carbons (Fsp3) is 0.172. The van der Waals surface area contributed by atoms with E-state index in [0.29, 0.717) is 13.2 Å². The van der Waals surface area contributed by atoms with Crippen molar-refractivity contribution in [3.63, 3.8) is 0 Å². The number of allylic oxidation sites excluding steroid dienone is 2. The van der Waals surface area contributed by atoms with Gasteiger partial charge in [0.15, 0.2) is 0 Å². The summed E-state index contributed by atoms with van der Waals surface area (Å²) in [6.07, 6.45) is 1.94. The Hall–Kier alpha value is -3.36. The molecule has 1 aliphatic carbocycles. The summed E-state index contributed by atoms with van der Waals surface area (Å²) in [6.45, 7) is 25.4. The van der Waals surface area contributed by atoms with Crippen molar-refractivity contribution in [2.24, 2.45) is 0 Å². The van der Waals surface area contributed by atoms with Gasteiger partial charge in [-0.25, -0.2) is 0 Å². The Balaban J connectivity index is 0.000000135. The zero-order valence-corrected chi connectivity index (χ0v) is 18.2. The molecule has 3 aliphatic rings. The van der Waals surface area contributed by atoms with E-state index in [1.54, 1.807) is 0 Å². The summed E-state index contributed by atoms with van der Waals surface area (Å²) in [7, 11) is 0. The molecule has 1 saturated heterocycles. The molecule has 2 heteroatoms. The number of ether oxygens (including phenoxy) is 2. The maximum atomic E-state index is 5.45. The maximum absolute atomic E-state index is 5.45. The molecule has 0 bridgehead atoms. The highest BCUT2D eigenvalue weighted by molar-refractivity contribution is 5.83. The van der Waals surface area contributed by atoms with Crippen molar-refractivity contribution < 1.29 is 9.47 Å². The van der Waals surface area contributed by atoms with Gasteiger partial charge < -0.3 is 9.47 Å². The van der Waals surface area contributed by atoms with E-state index in [9.17, 15) is 0 Å². The normalized spacial score (nSPS) is 16.9. The lowest BCUT2D eigenvalue weighted by atomic mass is 9.98. The highest BCUT2D eigenvalue weighted by Gasteiger charge is 2.16. The van der Waals surface area contributed by atoms with Crippen molar-refractivity contribution in [3.05, 3.63) is 127 Å². The Kier molecular flexibility index (Phi) is 7.28. The summed E-state index contributed by atoms with van der Waals surface area (Å²) >= 11 is 0. The lowest BCUT2D eigenvalue weighted by Crippen LogP contribution is -2.09. The molecular weight excluding hydrogens is 380 g/mol. The Labute approximate surface area is 186 Å². The third-order valence-corrected chi connectivity index (χ3v) is 5.54. The Bertz CT molecular complexity index is 1050. The van der Waals surface area contributed by atoms with Gasteiger partial charge in [0.25, 0.3) is 0 Å². The van der Waals surface area contributed by atoms with Crippen molar-refractivity contribution in [3.8, 4) is 5.75 Å². The monoisotopic (exact) mass is 410 g/mol. The van der Waals surface area contributed by atoms with Crippen LogP contribution in [0.2, 0.25) is 0 Å². The standard InChI is InChI=1S/C11H10O.C11H10.C7H10O/c1-8-7-12-11-6-4-3-5-10(11)9(8)2;1-8-7-10-5-3-4-6-11(10)9(8)2;1-6-3-4-8-5-7(6)2/h3-6H,1-2,7H2;3-6H,1-2,7H2;1-5H2. The summed E-state index contributed by atoms with van der Waals surface area (Å²) < 4.78 is 10.5. The molecule has 0 atom stereocenters. The van der Waals surface area contributed by atoms with Gasteiger partial charge in [0.2, 0.25) is 0 Å². The summed E-state index contributed by atoms with van der Waals surface area (Å²) in [5, 5.41) is 0. The highest BCUT2D eigenvalue weighted by atomic mass is 16.5. The molecule has 0 radical (unpaired) electrons. The fourth-order valence-electron chi connectivity index (χ4n) is 3.45. The van der Waals surface area contributed by atoms with Gasteiger partial charge in [-0.15, -0.1) is 0 Å². The van der Waals surface area contributed by atoms with Crippen LogP contribution < -0.4 is 4.74 Å². The van der Waals surface area contributed by atoms with Crippen molar-refractivity contribution in [2.45, 2.75) is 12.8 Å². The number of hydrogen-bond acceptors (Lipinski definition) is 2. The summed E-state index contributed by atoms with van der Waals surface area (Å²) in [5.74, 6) is 0.912. The average molecular weight is 411 g/mol. The van der Waals surface area contributed by atoms with Crippen LogP contribution in [0.1, 0.15) is 23.1 Å². The first-order chi connectivity index (χ1) is 14.9. The summed E-state index contributed by atoms with van der Waals surface area (Å²) in [4.78, 5) is 0. The van der Waals surface area contributed by atoms with Gasteiger partial charge in [-0.2, -0.15) is 0 Å². The van der Waals surface area contributed by atoms with Crippen molar-refractivity contribution >= 4 is 11.1 Å². The van der Waals surface area contributed by atoms with Gasteiger partial charge in [-0.3, -0.25) is 0 Å². The molecule has 2 heterocycles. The van der Waals surface area contributed by atoms with E-state index in [1.807, 2.05) is 30.3 Å². The van der Waals surface area contributed by atoms with Crippen LogP contribution in [-0.2, 0) is 11.2 Å². The Morgan fingerprint density at radius 2 is 1.26 bits per heavy atom. The first-order valence-electron chi connectivity index (χ1n) is 10.4. The summed E-state index contributed by atoms with van der Waals surface area (Å²) in [5.41, 5.74) is 10.1. The quantitative estimate of drug-likeness (QED) is 0.466. The Morgan fingerprint density at radius 3 is 1.90 bits per heavy atom. The molecule has 0 unspecified atom stereocenters. The van der Waals surface area contributed by atoms with Gasteiger partial charge in [0, 0.05) is 5.56 Å². The van der Waals surface area contributed by atoms with Crippen LogP contribution in [0.25, 0.3) is 11.1 Å². The number of fused-ring (bicyclic) bond motifs is 2. The predicted octanol–water partition coefficient (Wildman–Crippen LogP) is 6.98. The van der Waals surface area contributed by atoms with E-state index in [2.05, 4.69) is 57.7 Å². The minimum atomic E-state index is 0.565. The maximum Gasteiger partial charge on any atom is 0.127 e. The molecule has 0 saturated carbocycles. The van der Waals surface area contributed by atoms with Crippen LogP contribution in [0.4, 0.5) is 0 Å². The minimum Gasteiger partial charge on any atom is -0.488 e.